The van der Waals surface area contributed by atoms with Crippen molar-refractivity contribution < 1.29 is 28.6 Å². The molecule has 0 aromatic rings. The van der Waals surface area contributed by atoms with Gasteiger partial charge in [0.05, 0.1) is 0 Å². The first-order valence-corrected chi connectivity index (χ1v) is 24.6. The van der Waals surface area contributed by atoms with E-state index in [1.54, 1.807) is 0 Å². The Balaban J connectivity index is 4.70. The Labute approximate surface area is 390 Å². The summed E-state index contributed by atoms with van der Waals surface area (Å²) in [6.07, 6.45) is 73.9. The molecule has 0 radical (unpaired) electrons. The highest BCUT2D eigenvalue weighted by Crippen LogP contribution is 2.10. The van der Waals surface area contributed by atoms with Crippen LogP contribution in [-0.2, 0) is 28.6 Å². The number of hydrogen-bond donors (Lipinski definition) is 0. The van der Waals surface area contributed by atoms with Gasteiger partial charge in [-0.15, -0.1) is 0 Å². The van der Waals surface area contributed by atoms with E-state index in [0.29, 0.717) is 19.3 Å². The summed E-state index contributed by atoms with van der Waals surface area (Å²) >= 11 is 0. The Morgan fingerprint density at radius 2 is 0.719 bits per heavy atom. The topological polar surface area (TPSA) is 78.9 Å². The molecule has 354 valence electrons. The van der Waals surface area contributed by atoms with E-state index in [2.05, 4.69) is 99.8 Å². The van der Waals surface area contributed by atoms with E-state index in [0.717, 1.165) is 70.6 Å². The molecule has 0 spiro atoms. The summed E-state index contributed by atoms with van der Waals surface area (Å²) in [5.41, 5.74) is 0. The molecule has 0 rings (SSSR count). The molecule has 6 nitrogen and oxygen atoms in total. The molecule has 64 heavy (non-hydrogen) atoms. The molecule has 1 atom stereocenters. The number of rotatable bonds is 41. The maximum Gasteiger partial charge on any atom is 0.306 e. The normalized spacial score (nSPS) is 13.5. The largest absolute Gasteiger partial charge is 0.462 e. The minimum Gasteiger partial charge on any atom is -0.462 e. The summed E-state index contributed by atoms with van der Waals surface area (Å²) in [7, 11) is 0. The third-order valence-corrected chi connectivity index (χ3v) is 9.44. The van der Waals surface area contributed by atoms with Crippen LogP contribution >= 0.6 is 0 Å². The van der Waals surface area contributed by atoms with Gasteiger partial charge in [0.15, 0.2) is 6.10 Å². The Morgan fingerprint density at radius 1 is 0.344 bits per heavy atom. The van der Waals surface area contributed by atoms with Crippen LogP contribution < -0.4 is 0 Å². The molecule has 0 fully saturated rings. The SMILES string of the molecule is CC/C=C/C=C/C=C/C=C/C=C/C=C/CCCCCC(=O)OCC(COC(=O)CC/C=C/C/C=C/CCCCCCCC)OC(=O)CC/C=C/C/C=C/C/C=C/C/C=C/C/C=C/CC. The predicted molar refractivity (Wildman–Crippen MR) is 274 cm³/mol. The average Bonchev–Trinajstić information content (AvgIpc) is 3.29. The van der Waals surface area contributed by atoms with Gasteiger partial charge < -0.3 is 14.2 Å². The fourth-order valence-corrected chi connectivity index (χ4v) is 5.81. The van der Waals surface area contributed by atoms with Crippen molar-refractivity contribution >= 4 is 17.9 Å². The number of carbonyl (C=O) groups excluding carboxylic acids is 3. The molecular weight excluding hydrogens is 793 g/mol. The van der Waals surface area contributed by atoms with Gasteiger partial charge in [0.2, 0.25) is 0 Å². The van der Waals surface area contributed by atoms with Crippen molar-refractivity contribution in [2.24, 2.45) is 0 Å². The van der Waals surface area contributed by atoms with Crippen molar-refractivity contribution in [2.45, 2.75) is 175 Å². The highest BCUT2D eigenvalue weighted by atomic mass is 16.6. The fraction of sp³-hybridized carbons (Fsp3) is 0.500. The zero-order valence-corrected chi connectivity index (χ0v) is 40.2. The zero-order chi connectivity index (χ0) is 46.5. The molecule has 6 heteroatoms. The molecule has 0 aliphatic rings. The second kappa shape index (κ2) is 50.7. The number of esters is 3. The van der Waals surface area contributed by atoms with Crippen molar-refractivity contribution in [2.75, 3.05) is 13.2 Å². The van der Waals surface area contributed by atoms with E-state index < -0.39 is 12.1 Å². The van der Waals surface area contributed by atoms with Crippen LogP contribution in [-0.4, -0.2) is 37.2 Å². The molecule has 0 bridgehead atoms. The quantitative estimate of drug-likeness (QED) is 0.0200. The van der Waals surface area contributed by atoms with Crippen molar-refractivity contribution in [1.82, 2.24) is 0 Å². The van der Waals surface area contributed by atoms with E-state index in [-0.39, 0.29) is 44.4 Å². The highest BCUT2D eigenvalue weighted by Gasteiger charge is 2.19. The maximum atomic E-state index is 12.7. The summed E-state index contributed by atoms with van der Waals surface area (Å²) < 4.78 is 16.6. The first-order valence-electron chi connectivity index (χ1n) is 24.6. The van der Waals surface area contributed by atoms with E-state index in [4.69, 9.17) is 14.2 Å². The summed E-state index contributed by atoms with van der Waals surface area (Å²) in [6.45, 7) is 6.17. The van der Waals surface area contributed by atoms with Gasteiger partial charge in [-0.1, -0.05) is 217 Å². The molecule has 0 saturated carbocycles. The summed E-state index contributed by atoms with van der Waals surface area (Å²) in [5, 5.41) is 0. The van der Waals surface area contributed by atoms with Crippen molar-refractivity contribution in [3.63, 3.8) is 0 Å². The lowest BCUT2D eigenvalue weighted by Crippen LogP contribution is -2.30. The number of carbonyl (C=O) groups is 3. The molecule has 1 unspecified atom stereocenters. The summed E-state index contributed by atoms with van der Waals surface area (Å²) in [4.78, 5) is 37.9. The maximum absolute atomic E-state index is 12.7. The fourth-order valence-electron chi connectivity index (χ4n) is 5.81. The number of allylic oxidation sites excluding steroid dienone is 26. The van der Waals surface area contributed by atoms with Gasteiger partial charge in [-0.2, -0.15) is 0 Å². The molecule has 0 N–H and O–H groups in total. The molecule has 0 aliphatic heterocycles. The van der Waals surface area contributed by atoms with Gasteiger partial charge in [-0.05, 0) is 89.9 Å². The smallest absolute Gasteiger partial charge is 0.306 e. The lowest BCUT2D eigenvalue weighted by atomic mass is 10.1. The summed E-state index contributed by atoms with van der Waals surface area (Å²) in [6, 6.07) is 0. The van der Waals surface area contributed by atoms with Gasteiger partial charge in [-0.3, -0.25) is 14.4 Å². The predicted octanol–water partition coefficient (Wildman–Crippen LogP) is 16.2. The van der Waals surface area contributed by atoms with Crippen molar-refractivity contribution in [1.29, 1.82) is 0 Å². The van der Waals surface area contributed by atoms with Crippen LogP contribution in [0.4, 0.5) is 0 Å². The first-order chi connectivity index (χ1) is 31.5. The molecular formula is C58H86O6. The standard InChI is InChI=1S/C58H86O6/c1-4-7-10-13-16-19-22-25-27-29-31-33-36-39-42-45-48-51-57(60)63-54-55(53-62-56(59)50-47-44-41-38-35-32-24-21-18-15-12-9-6-3)64-58(61)52-49-46-43-40-37-34-30-28-26-23-20-17-14-11-8-5-2/h7-8,10-11,13,16-17,19-20,22,25-29,31-37,41,43-44,46,55H,4-6,9,12,14-15,18,21,23-24,30,38-40,42,45,47-54H2,1-3H3/b10-7+,11-8+,16-13+,20-17+,22-19+,27-25+,28-26+,31-29+,35-32+,36-33+,37-34+,44-41+,46-43+. The molecule has 0 aliphatic carbocycles. The number of unbranched alkanes of at least 4 members (excludes halogenated alkanes) is 9. The van der Waals surface area contributed by atoms with E-state index >= 15 is 0 Å². The molecule has 0 aromatic heterocycles. The average molecular weight is 879 g/mol. The number of ether oxygens (including phenoxy) is 3. The molecule has 0 heterocycles. The second-order valence-electron chi connectivity index (χ2n) is 15.4. The Morgan fingerprint density at radius 3 is 1.23 bits per heavy atom. The lowest BCUT2D eigenvalue weighted by Gasteiger charge is -2.18. The van der Waals surface area contributed by atoms with E-state index in [1.807, 2.05) is 79.0 Å². The monoisotopic (exact) mass is 879 g/mol. The van der Waals surface area contributed by atoms with Crippen LogP contribution in [0.15, 0.2) is 158 Å². The first kappa shape index (κ1) is 59.0. The Kier molecular flexibility index (Phi) is 46.7. The van der Waals surface area contributed by atoms with Crippen LogP contribution in [0.25, 0.3) is 0 Å². The second-order valence-corrected chi connectivity index (χ2v) is 15.4. The lowest BCUT2D eigenvalue weighted by molar-refractivity contribution is -0.166. The Bertz CT molecular complexity index is 1520. The van der Waals surface area contributed by atoms with E-state index in [1.165, 1.54) is 38.5 Å². The molecule has 0 saturated heterocycles. The summed E-state index contributed by atoms with van der Waals surface area (Å²) in [5.74, 6) is -1.17. The third kappa shape index (κ3) is 48.1. The van der Waals surface area contributed by atoms with Gasteiger partial charge in [0, 0.05) is 19.3 Å². The third-order valence-electron chi connectivity index (χ3n) is 9.44. The van der Waals surface area contributed by atoms with Crippen LogP contribution in [0.3, 0.4) is 0 Å². The molecule has 0 amide bonds. The minimum atomic E-state index is -0.866. The Hall–Kier alpha value is -4.97. The number of hydrogen-bond acceptors (Lipinski definition) is 6. The van der Waals surface area contributed by atoms with Crippen LogP contribution in [0.5, 0.6) is 0 Å². The van der Waals surface area contributed by atoms with Crippen LogP contribution in [0.2, 0.25) is 0 Å². The highest BCUT2D eigenvalue weighted by molar-refractivity contribution is 5.71. The van der Waals surface area contributed by atoms with Gasteiger partial charge in [-0.25, -0.2) is 0 Å². The van der Waals surface area contributed by atoms with Crippen LogP contribution in [0, 0.1) is 0 Å². The van der Waals surface area contributed by atoms with Crippen molar-refractivity contribution in [3.05, 3.63) is 158 Å². The van der Waals surface area contributed by atoms with Gasteiger partial charge in [0.25, 0.3) is 0 Å². The van der Waals surface area contributed by atoms with Crippen LogP contribution in [0.1, 0.15) is 168 Å². The van der Waals surface area contributed by atoms with Crippen molar-refractivity contribution in [3.8, 4) is 0 Å². The van der Waals surface area contributed by atoms with Gasteiger partial charge >= 0.3 is 17.9 Å². The van der Waals surface area contributed by atoms with Gasteiger partial charge in [0.1, 0.15) is 13.2 Å². The van der Waals surface area contributed by atoms with E-state index in [9.17, 15) is 14.4 Å². The molecule has 0 aromatic carbocycles. The zero-order valence-electron chi connectivity index (χ0n) is 40.2. The minimum absolute atomic E-state index is 0.156.